The van der Waals surface area contributed by atoms with Crippen LogP contribution in [0, 0.1) is 0 Å². The lowest BCUT2D eigenvalue weighted by molar-refractivity contribution is -0.121. The maximum atomic E-state index is 12.2. The van der Waals surface area contributed by atoms with Gasteiger partial charge in [-0.25, -0.2) is 8.42 Å². The second-order valence-corrected chi connectivity index (χ2v) is 8.49. The summed E-state index contributed by atoms with van der Waals surface area (Å²) < 4.78 is 41.4. The minimum Gasteiger partial charge on any atom is -0.493 e. The van der Waals surface area contributed by atoms with Gasteiger partial charge in [-0.05, 0) is 36.2 Å². The van der Waals surface area contributed by atoms with Crippen LogP contribution in [0.1, 0.15) is 18.4 Å². The number of nitrogens with zero attached hydrogens (tertiary/aromatic N) is 1. The zero-order valence-corrected chi connectivity index (χ0v) is 18.5. The van der Waals surface area contributed by atoms with Crippen molar-refractivity contribution in [2.75, 3.05) is 38.4 Å². The van der Waals surface area contributed by atoms with Crippen molar-refractivity contribution in [3.8, 4) is 17.2 Å². The van der Waals surface area contributed by atoms with Gasteiger partial charge < -0.3 is 19.5 Å². The van der Waals surface area contributed by atoms with Gasteiger partial charge in [0.05, 0.1) is 33.3 Å². The molecule has 0 spiro atoms. The molecule has 2 rings (SSSR count). The number of hydrogen-bond acceptors (Lipinski definition) is 6. The maximum absolute atomic E-state index is 12.2. The van der Waals surface area contributed by atoms with E-state index in [1.807, 2.05) is 6.07 Å². The lowest BCUT2D eigenvalue weighted by atomic mass is 10.1. The van der Waals surface area contributed by atoms with E-state index in [1.54, 1.807) is 36.4 Å². The van der Waals surface area contributed by atoms with Gasteiger partial charge in [-0.1, -0.05) is 18.2 Å². The van der Waals surface area contributed by atoms with Crippen LogP contribution >= 0.6 is 0 Å². The summed E-state index contributed by atoms with van der Waals surface area (Å²) in [5.41, 5.74) is 1.37. The van der Waals surface area contributed by atoms with Gasteiger partial charge in [0.15, 0.2) is 11.5 Å². The van der Waals surface area contributed by atoms with Crippen molar-refractivity contribution in [1.82, 2.24) is 5.32 Å². The molecule has 0 unspecified atom stereocenters. The summed E-state index contributed by atoms with van der Waals surface area (Å²) in [4.78, 5) is 12.2. The number of rotatable bonds is 11. The van der Waals surface area contributed by atoms with Gasteiger partial charge in [0.25, 0.3) is 0 Å². The van der Waals surface area contributed by atoms with Crippen LogP contribution in [0.25, 0.3) is 0 Å². The van der Waals surface area contributed by atoms with Gasteiger partial charge in [-0.3, -0.25) is 9.10 Å². The Morgan fingerprint density at radius 2 is 1.60 bits per heavy atom. The molecule has 0 aliphatic rings. The van der Waals surface area contributed by atoms with E-state index in [0.29, 0.717) is 29.4 Å². The summed E-state index contributed by atoms with van der Waals surface area (Å²) in [5, 5.41) is 2.83. The van der Waals surface area contributed by atoms with Gasteiger partial charge in [0, 0.05) is 19.5 Å². The highest BCUT2D eigenvalue weighted by molar-refractivity contribution is 7.92. The number of methoxy groups -OCH3 is 3. The summed E-state index contributed by atoms with van der Waals surface area (Å²) in [6, 6.07) is 12.4. The number of carbonyl (C=O) groups excluding carboxylic acids is 1. The Hall–Kier alpha value is -2.94. The number of anilines is 1. The first kappa shape index (κ1) is 23.3. The molecule has 0 heterocycles. The predicted molar refractivity (Wildman–Crippen MR) is 116 cm³/mol. The fourth-order valence-corrected chi connectivity index (χ4v) is 3.96. The van der Waals surface area contributed by atoms with E-state index < -0.39 is 10.0 Å². The van der Waals surface area contributed by atoms with Crippen molar-refractivity contribution < 1.29 is 27.4 Å². The number of benzene rings is 2. The van der Waals surface area contributed by atoms with Crippen LogP contribution in [0.3, 0.4) is 0 Å². The van der Waals surface area contributed by atoms with Crippen LogP contribution in [-0.4, -0.2) is 48.5 Å². The van der Waals surface area contributed by atoms with Crippen LogP contribution in [0.2, 0.25) is 0 Å². The van der Waals surface area contributed by atoms with E-state index in [9.17, 15) is 13.2 Å². The Balaban J connectivity index is 1.93. The molecule has 0 atom stereocenters. The Morgan fingerprint density at radius 3 is 2.10 bits per heavy atom. The van der Waals surface area contributed by atoms with Crippen molar-refractivity contribution in [3.05, 3.63) is 48.0 Å². The van der Waals surface area contributed by atoms with Crippen molar-refractivity contribution in [3.63, 3.8) is 0 Å². The van der Waals surface area contributed by atoms with Gasteiger partial charge in [0.1, 0.15) is 0 Å². The number of carbonyl (C=O) groups is 1. The summed E-state index contributed by atoms with van der Waals surface area (Å²) in [6.45, 7) is 0.504. The van der Waals surface area contributed by atoms with Crippen molar-refractivity contribution in [2.45, 2.75) is 19.4 Å². The third-order valence-corrected chi connectivity index (χ3v) is 5.62. The predicted octanol–water partition coefficient (Wildman–Crippen LogP) is 2.58. The molecule has 0 fully saturated rings. The average molecular weight is 437 g/mol. The van der Waals surface area contributed by atoms with E-state index in [1.165, 1.54) is 25.6 Å². The summed E-state index contributed by atoms with van der Waals surface area (Å²) >= 11 is 0. The fourth-order valence-electron chi connectivity index (χ4n) is 2.99. The van der Waals surface area contributed by atoms with E-state index in [2.05, 4.69) is 5.32 Å². The van der Waals surface area contributed by atoms with Gasteiger partial charge >= 0.3 is 0 Å². The van der Waals surface area contributed by atoms with Crippen LogP contribution < -0.4 is 23.8 Å². The number of amides is 1. The number of para-hydroxylation sites is 1. The van der Waals surface area contributed by atoms with Crippen LogP contribution in [-0.2, 0) is 21.4 Å². The third kappa shape index (κ3) is 6.28. The normalized spacial score (nSPS) is 10.9. The maximum Gasteiger partial charge on any atom is 0.232 e. The van der Waals surface area contributed by atoms with Gasteiger partial charge in [0.2, 0.25) is 21.7 Å². The topological polar surface area (TPSA) is 94.2 Å². The molecule has 30 heavy (non-hydrogen) atoms. The van der Waals surface area contributed by atoms with E-state index in [0.717, 1.165) is 11.8 Å². The van der Waals surface area contributed by atoms with Crippen molar-refractivity contribution in [2.24, 2.45) is 0 Å². The van der Waals surface area contributed by atoms with Crippen LogP contribution in [0.4, 0.5) is 5.69 Å². The smallest absolute Gasteiger partial charge is 0.232 e. The largest absolute Gasteiger partial charge is 0.493 e. The zero-order valence-electron chi connectivity index (χ0n) is 17.7. The van der Waals surface area contributed by atoms with E-state index >= 15 is 0 Å². The number of sulfonamides is 1. The van der Waals surface area contributed by atoms with Gasteiger partial charge in [-0.15, -0.1) is 0 Å². The molecule has 0 aliphatic carbocycles. The summed E-state index contributed by atoms with van der Waals surface area (Å²) in [5.74, 6) is 1.32. The lowest BCUT2D eigenvalue weighted by Gasteiger charge is -2.22. The molecule has 1 N–H and O–H groups in total. The highest BCUT2D eigenvalue weighted by Crippen LogP contribution is 2.38. The highest BCUT2D eigenvalue weighted by Gasteiger charge is 2.17. The third-order valence-electron chi connectivity index (χ3n) is 4.42. The molecule has 2 aromatic rings. The first-order valence-corrected chi connectivity index (χ1v) is 11.2. The molecule has 0 saturated carbocycles. The number of hydrogen-bond donors (Lipinski definition) is 1. The molecule has 0 radical (unpaired) electrons. The Morgan fingerprint density at radius 1 is 1.00 bits per heavy atom. The van der Waals surface area contributed by atoms with Gasteiger partial charge in [-0.2, -0.15) is 0 Å². The molecule has 2 aromatic carbocycles. The SMILES string of the molecule is COc1cc(CNC(=O)CCCN(c2ccccc2)S(C)(=O)=O)cc(OC)c1OC. The minimum atomic E-state index is -3.43. The van der Waals surface area contributed by atoms with Crippen molar-refractivity contribution >= 4 is 21.6 Å². The quantitative estimate of drug-likeness (QED) is 0.582. The highest BCUT2D eigenvalue weighted by atomic mass is 32.2. The first-order valence-electron chi connectivity index (χ1n) is 9.38. The molecule has 9 heteroatoms. The second kappa shape index (κ2) is 10.7. The lowest BCUT2D eigenvalue weighted by Crippen LogP contribution is -2.32. The molecule has 0 bridgehead atoms. The fraction of sp³-hybridized carbons (Fsp3) is 0.381. The molecule has 0 aliphatic heterocycles. The molecule has 1 amide bonds. The number of nitrogens with one attached hydrogen (secondary N) is 1. The molecule has 164 valence electrons. The molecule has 0 aromatic heterocycles. The average Bonchev–Trinajstić information content (AvgIpc) is 2.74. The Bertz CT molecular complexity index is 922. The Kier molecular flexibility index (Phi) is 8.35. The van der Waals surface area contributed by atoms with Crippen LogP contribution in [0.5, 0.6) is 17.2 Å². The van der Waals surface area contributed by atoms with Crippen LogP contribution in [0.15, 0.2) is 42.5 Å². The van der Waals surface area contributed by atoms with Crippen molar-refractivity contribution in [1.29, 1.82) is 0 Å². The summed E-state index contributed by atoms with van der Waals surface area (Å²) in [7, 11) is 1.15. The molecular formula is C21H28N2O6S. The molecule has 0 saturated heterocycles. The zero-order chi connectivity index (χ0) is 22.1. The Labute approximate surface area is 177 Å². The molecular weight excluding hydrogens is 408 g/mol. The van der Waals surface area contributed by atoms with E-state index in [4.69, 9.17) is 14.2 Å². The first-order chi connectivity index (χ1) is 14.3. The monoisotopic (exact) mass is 436 g/mol. The molecule has 8 nitrogen and oxygen atoms in total. The second-order valence-electron chi connectivity index (χ2n) is 6.58. The number of ether oxygens (including phenoxy) is 3. The summed E-state index contributed by atoms with van der Waals surface area (Å²) in [6.07, 6.45) is 1.75. The van der Waals surface area contributed by atoms with E-state index in [-0.39, 0.29) is 25.4 Å². The minimum absolute atomic E-state index is 0.176. The standard InChI is InChI=1S/C21H28N2O6S/c1-27-18-13-16(14-19(28-2)21(18)29-3)15-22-20(24)11-8-12-23(30(4,25)26)17-9-6-5-7-10-17/h5-7,9-10,13-14H,8,11-12,15H2,1-4H3,(H,22,24).